The first-order chi connectivity index (χ1) is 7.11. The molecule has 0 aliphatic carbocycles. The van der Waals surface area contributed by atoms with Crippen molar-refractivity contribution in [3.63, 3.8) is 0 Å². The van der Waals surface area contributed by atoms with Crippen LogP contribution in [0, 0.1) is 0 Å². The first-order valence-electron chi connectivity index (χ1n) is 4.99. The number of amides is 2. The lowest BCUT2D eigenvalue weighted by atomic mass is 10.2. The van der Waals surface area contributed by atoms with Gasteiger partial charge in [-0.15, -0.1) is 0 Å². The van der Waals surface area contributed by atoms with Crippen molar-refractivity contribution in [3.05, 3.63) is 0 Å². The third-order valence-corrected chi connectivity index (χ3v) is 1.84. The normalized spacial score (nSPS) is 11.9. The standard InChI is InChI=1S/C9H18N2O4/c1-2-3-5-10-9(15)11-7(4-6-12)8(13)14/h7,12H,2-6H2,1H3,(H,13,14)(H2,10,11,15). The Morgan fingerprint density at radius 2 is 2.07 bits per heavy atom. The van der Waals surface area contributed by atoms with Gasteiger partial charge in [-0.3, -0.25) is 0 Å². The molecule has 1 atom stereocenters. The van der Waals surface area contributed by atoms with Gasteiger partial charge in [0.05, 0.1) is 0 Å². The van der Waals surface area contributed by atoms with Gasteiger partial charge >= 0.3 is 12.0 Å². The van der Waals surface area contributed by atoms with E-state index in [9.17, 15) is 9.59 Å². The predicted molar refractivity (Wildman–Crippen MR) is 54.6 cm³/mol. The number of aliphatic hydroxyl groups is 1. The number of carboxylic acids is 1. The summed E-state index contributed by atoms with van der Waals surface area (Å²) in [6.45, 7) is 2.24. The summed E-state index contributed by atoms with van der Waals surface area (Å²) < 4.78 is 0. The van der Waals surface area contributed by atoms with E-state index in [4.69, 9.17) is 10.2 Å². The van der Waals surface area contributed by atoms with Crippen LogP contribution in [0.4, 0.5) is 4.79 Å². The second-order valence-corrected chi connectivity index (χ2v) is 3.16. The number of hydrogen-bond donors (Lipinski definition) is 4. The van der Waals surface area contributed by atoms with Crippen molar-refractivity contribution < 1.29 is 19.8 Å². The molecule has 0 bridgehead atoms. The summed E-state index contributed by atoms with van der Waals surface area (Å²) >= 11 is 0. The Morgan fingerprint density at radius 1 is 1.40 bits per heavy atom. The van der Waals surface area contributed by atoms with Crippen LogP contribution in [-0.4, -0.2) is 41.4 Å². The molecule has 4 N–H and O–H groups in total. The quantitative estimate of drug-likeness (QED) is 0.449. The van der Waals surface area contributed by atoms with Gasteiger partial charge in [0.25, 0.3) is 0 Å². The van der Waals surface area contributed by atoms with Gasteiger partial charge in [-0.05, 0) is 6.42 Å². The number of carbonyl (C=O) groups is 2. The highest BCUT2D eigenvalue weighted by molar-refractivity contribution is 5.82. The first kappa shape index (κ1) is 13.7. The lowest BCUT2D eigenvalue weighted by Crippen LogP contribution is -2.46. The number of carbonyl (C=O) groups excluding carboxylic acids is 1. The molecule has 0 heterocycles. The van der Waals surface area contributed by atoms with Crippen molar-refractivity contribution in [2.75, 3.05) is 13.2 Å². The molecule has 0 rings (SSSR count). The van der Waals surface area contributed by atoms with E-state index < -0.39 is 18.0 Å². The molecule has 0 saturated carbocycles. The summed E-state index contributed by atoms with van der Waals surface area (Å²) in [7, 11) is 0. The molecule has 0 saturated heterocycles. The van der Waals surface area contributed by atoms with Crippen LogP contribution in [0.15, 0.2) is 0 Å². The Bertz CT molecular complexity index is 208. The topological polar surface area (TPSA) is 98.7 Å². The highest BCUT2D eigenvalue weighted by Crippen LogP contribution is 1.91. The summed E-state index contributed by atoms with van der Waals surface area (Å²) in [5, 5.41) is 22.0. The summed E-state index contributed by atoms with van der Waals surface area (Å²) in [6, 6.07) is -1.54. The highest BCUT2D eigenvalue weighted by atomic mass is 16.4. The number of unbranched alkanes of at least 4 members (excludes halogenated alkanes) is 1. The van der Waals surface area contributed by atoms with E-state index in [-0.39, 0.29) is 13.0 Å². The van der Waals surface area contributed by atoms with Crippen molar-refractivity contribution in [2.45, 2.75) is 32.2 Å². The number of carboxylic acid groups (broad SMARTS) is 1. The Kier molecular flexibility index (Phi) is 7.35. The molecule has 0 aromatic carbocycles. The lowest BCUT2D eigenvalue weighted by molar-refractivity contribution is -0.139. The van der Waals surface area contributed by atoms with Crippen LogP contribution in [0.2, 0.25) is 0 Å². The van der Waals surface area contributed by atoms with Gasteiger partial charge in [0.2, 0.25) is 0 Å². The number of rotatable bonds is 7. The van der Waals surface area contributed by atoms with E-state index in [0.29, 0.717) is 6.54 Å². The van der Waals surface area contributed by atoms with E-state index in [1.54, 1.807) is 0 Å². The Labute approximate surface area is 88.7 Å². The fourth-order valence-electron chi connectivity index (χ4n) is 0.974. The highest BCUT2D eigenvalue weighted by Gasteiger charge is 2.18. The molecule has 1 unspecified atom stereocenters. The summed E-state index contributed by atoms with van der Waals surface area (Å²) in [6.07, 6.45) is 1.82. The van der Waals surface area contributed by atoms with Gasteiger partial charge < -0.3 is 20.8 Å². The molecule has 2 amide bonds. The van der Waals surface area contributed by atoms with Crippen molar-refractivity contribution in [3.8, 4) is 0 Å². The Balaban J connectivity index is 3.84. The van der Waals surface area contributed by atoms with E-state index in [2.05, 4.69) is 10.6 Å². The second kappa shape index (κ2) is 8.05. The zero-order valence-electron chi connectivity index (χ0n) is 8.82. The molecule has 0 radical (unpaired) electrons. The van der Waals surface area contributed by atoms with Crippen LogP contribution in [0.3, 0.4) is 0 Å². The molecular formula is C9H18N2O4. The number of aliphatic carboxylic acids is 1. The van der Waals surface area contributed by atoms with Crippen molar-refractivity contribution in [2.24, 2.45) is 0 Å². The van der Waals surface area contributed by atoms with E-state index in [0.717, 1.165) is 12.8 Å². The average Bonchev–Trinajstić information content (AvgIpc) is 2.17. The Hall–Kier alpha value is -1.30. The summed E-state index contributed by atoms with van der Waals surface area (Å²) in [5.74, 6) is -1.14. The number of nitrogens with one attached hydrogen (secondary N) is 2. The molecule has 0 fully saturated rings. The third kappa shape index (κ3) is 6.73. The molecule has 6 nitrogen and oxygen atoms in total. The van der Waals surface area contributed by atoms with Gasteiger partial charge in [-0.2, -0.15) is 0 Å². The number of hydrogen-bond acceptors (Lipinski definition) is 3. The number of aliphatic hydroxyl groups excluding tert-OH is 1. The van der Waals surface area contributed by atoms with Crippen LogP contribution in [0.5, 0.6) is 0 Å². The molecule has 0 aromatic rings. The first-order valence-corrected chi connectivity index (χ1v) is 4.99. The Morgan fingerprint density at radius 3 is 2.53 bits per heavy atom. The molecule has 0 aliphatic rings. The zero-order valence-corrected chi connectivity index (χ0v) is 8.82. The summed E-state index contributed by atoms with van der Waals surface area (Å²) in [4.78, 5) is 21.7. The second-order valence-electron chi connectivity index (χ2n) is 3.16. The molecule has 6 heteroatoms. The predicted octanol–water partition coefficient (Wildman–Crippen LogP) is -0.0787. The maximum atomic E-state index is 11.1. The van der Waals surface area contributed by atoms with Crippen molar-refractivity contribution >= 4 is 12.0 Å². The minimum atomic E-state index is -1.14. The third-order valence-electron chi connectivity index (χ3n) is 1.84. The molecule has 88 valence electrons. The van der Waals surface area contributed by atoms with Gasteiger partial charge in [0.1, 0.15) is 6.04 Å². The average molecular weight is 218 g/mol. The van der Waals surface area contributed by atoms with Crippen molar-refractivity contribution in [1.29, 1.82) is 0 Å². The fourth-order valence-corrected chi connectivity index (χ4v) is 0.974. The van der Waals surface area contributed by atoms with Crippen LogP contribution in [-0.2, 0) is 4.79 Å². The molecule has 0 spiro atoms. The van der Waals surface area contributed by atoms with Crippen LogP contribution >= 0.6 is 0 Å². The minimum Gasteiger partial charge on any atom is -0.480 e. The molecule has 0 aliphatic heterocycles. The van der Waals surface area contributed by atoms with Crippen LogP contribution < -0.4 is 10.6 Å². The molecule has 0 aromatic heterocycles. The van der Waals surface area contributed by atoms with E-state index in [1.807, 2.05) is 6.92 Å². The smallest absolute Gasteiger partial charge is 0.326 e. The fraction of sp³-hybridized carbons (Fsp3) is 0.778. The van der Waals surface area contributed by atoms with Gasteiger partial charge in [-0.1, -0.05) is 13.3 Å². The maximum absolute atomic E-state index is 11.1. The largest absolute Gasteiger partial charge is 0.480 e. The molecular weight excluding hydrogens is 200 g/mol. The monoisotopic (exact) mass is 218 g/mol. The number of urea groups is 1. The van der Waals surface area contributed by atoms with Crippen LogP contribution in [0.25, 0.3) is 0 Å². The van der Waals surface area contributed by atoms with Crippen molar-refractivity contribution in [1.82, 2.24) is 10.6 Å². The van der Waals surface area contributed by atoms with E-state index >= 15 is 0 Å². The van der Waals surface area contributed by atoms with Gasteiger partial charge in [0.15, 0.2) is 0 Å². The zero-order chi connectivity index (χ0) is 11.7. The van der Waals surface area contributed by atoms with E-state index in [1.165, 1.54) is 0 Å². The van der Waals surface area contributed by atoms with Gasteiger partial charge in [-0.25, -0.2) is 9.59 Å². The van der Waals surface area contributed by atoms with Crippen LogP contribution in [0.1, 0.15) is 26.2 Å². The SMILES string of the molecule is CCCCNC(=O)NC(CCO)C(=O)O. The lowest BCUT2D eigenvalue weighted by Gasteiger charge is -2.13. The minimum absolute atomic E-state index is 0.0104. The van der Waals surface area contributed by atoms with Gasteiger partial charge in [0, 0.05) is 19.6 Å². The molecule has 15 heavy (non-hydrogen) atoms. The maximum Gasteiger partial charge on any atom is 0.326 e. The summed E-state index contributed by atoms with van der Waals surface area (Å²) in [5.41, 5.74) is 0.